The molecule has 2 aromatic heterocycles. The number of fused-ring (bicyclic) bond motifs is 1. The van der Waals surface area contributed by atoms with Gasteiger partial charge in [0, 0.05) is 41.9 Å². The molecule has 3 aromatic rings. The number of aliphatic hydroxyl groups is 2. The molecular weight excluding hydrogens is 442 g/mol. The van der Waals surface area contributed by atoms with E-state index in [9.17, 15) is 14.4 Å². The molecule has 0 aliphatic carbocycles. The van der Waals surface area contributed by atoms with Gasteiger partial charge in [0.25, 0.3) is 0 Å². The Hall–Kier alpha value is -2.89. The molecule has 2 unspecified atom stereocenters. The number of benzene rings is 1. The summed E-state index contributed by atoms with van der Waals surface area (Å²) in [6, 6.07) is 10.1. The van der Waals surface area contributed by atoms with Crippen molar-refractivity contribution < 1.29 is 14.4 Å². The average molecular weight is 472 g/mol. The highest BCUT2D eigenvalue weighted by Crippen LogP contribution is 2.30. The minimum absolute atomic E-state index is 0.176. The van der Waals surface area contributed by atoms with Crippen LogP contribution < -0.4 is 15.1 Å². The molecular formula is C22H29N7O3S. The van der Waals surface area contributed by atoms with E-state index in [1.165, 1.54) is 16.8 Å². The Morgan fingerprint density at radius 3 is 2.42 bits per heavy atom. The van der Waals surface area contributed by atoms with E-state index in [4.69, 9.17) is 0 Å². The lowest BCUT2D eigenvalue weighted by Gasteiger charge is -2.31. The lowest BCUT2D eigenvalue weighted by atomic mass is 10.1. The summed E-state index contributed by atoms with van der Waals surface area (Å²) < 4.78 is 11.9. The quantitative estimate of drug-likeness (QED) is 0.411. The first-order valence-electron chi connectivity index (χ1n) is 11.0. The molecule has 0 amide bonds. The Labute approximate surface area is 195 Å². The minimum atomic E-state index is -1.01. The van der Waals surface area contributed by atoms with Crippen molar-refractivity contribution in [3.63, 3.8) is 0 Å². The molecule has 33 heavy (non-hydrogen) atoms. The molecule has 1 aliphatic rings. The van der Waals surface area contributed by atoms with Gasteiger partial charge in [-0.2, -0.15) is 4.98 Å². The van der Waals surface area contributed by atoms with Crippen LogP contribution in [-0.2, 0) is 17.2 Å². The fourth-order valence-electron chi connectivity index (χ4n) is 3.85. The number of hydrogen-bond acceptors (Lipinski definition) is 10. The highest BCUT2D eigenvalue weighted by Gasteiger charge is 2.26. The highest BCUT2D eigenvalue weighted by atomic mass is 32.2. The van der Waals surface area contributed by atoms with Gasteiger partial charge in [-0.3, -0.25) is 9.11 Å². The molecule has 176 valence electrons. The van der Waals surface area contributed by atoms with Crippen LogP contribution in [0.3, 0.4) is 0 Å². The number of aromatic nitrogens is 4. The summed E-state index contributed by atoms with van der Waals surface area (Å²) in [7, 11) is -0.845. The van der Waals surface area contributed by atoms with Crippen LogP contribution in [0.2, 0.25) is 0 Å². The Morgan fingerprint density at radius 2 is 1.76 bits per heavy atom. The first-order chi connectivity index (χ1) is 15.9. The SMILES string of the molecule is CC(O)N(c1nc(N2CCS(=O)CC2)c2ncnc(NCCc3ccccc3)c2n1)C(C)O. The first kappa shape index (κ1) is 23.3. The van der Waals surface area contributed by atoms with E-state index in [0.717, 1.165) is 6.42 Å². The number of hydrogen-bond donors (Lipinski definition) is 3. The maximum absolute atomic E-state index is 11.9. The Morgan fingerprint density at radius 1 is 1.06 bits per heavy atom. The number of aliphatic hydroxyl groups excluding tert-OH is 2. The molecule has 11 heteroatoms. The van der Waals surface area contributed by atoms with Crippen LogP contribution in [0, 0.1) is 0 Å². The third-order valence-electron chi connectivity index (χ3n) is 5.51. The predicted octanol–water partition coefficient (Wildman–Crippen LogP) is 1.13. The van der Waals surface area contributed by atoms with E-state index in [1.807, 2.05) is 23.1 Å². The third-order valence-corrected chi connectivity index (χ3v) is 6.79. The lowest BCUT2D eigenvalue weighted by Crippen LogP contribution is -2.42. The lowest BCUT2D eigenvalue weighted by molar-refractivity contribution is 0.103. The van der Waals surface area contributed by atoms with Crippen molar-refractivity contribution in [2.24, 2.45) is 0 Å². The molecule has 2 atom stereocenters. The Bertz CT molecular complexity index is 1100. The van der Waals surface area contributed by atoms with E-state index in [2.05, 4.69) is 37.4 Å². The van der Waals surface area contributed by atoms with Crippen LogP contribution in [0.4, 0.5) is 17.6 Å². The van der Waals surface area contributed by atoms with Gasteiger partial charge in [0.05, 0.1) is 0 Å². The van der Waals surface area contributed by atoms with Gasteiger partial charge in [-0.1, -0.05) is 30.3 Å². The molecule has 3 N–H and O–H groups in total. The molecule has 1 fully saturated rings. The van der Waals surface area contributed by atoms with Crippen molar-refractivity contribution in [1.29, 1.82) is 0 Å². The summed E-state index contributed by atoms with van der Waals surface area (Å²) >= 11 is 0. The van der Waals surface area contributed by atoms with Crippen molar-refractivity contribution in [3.05, 3.63) is 42.2 Å². The normalized spacial score (nSPS) is 16.5. The second-order valence-corrected chi connectivity index (χ2v) is 9.63. The van der Waals surface area contributed by atoms with Gasteiger partial charge in [-0.05, 0) is 25.8 Å². The number of nitrogens with zero attached hydrogens (tertiary/aromatic N) is 6. The topological polar surface area (TPSA) is 128 Å². The van der Waals surface area contributed by atoms with Gasteiger partial charge < -0.3 is 20.4 Å². The molecule has 10 nitrogen and oxygen atoms in total. The molecule has 1 aliphatic heterocycles. The van der Waals surface area contributed by atoms with E-state index in [0.29, 0.717) is 53.8 Å². The van der Waals surface area contributed by atoms with Gasteiger partial charge >= 0.3 is 0 Å². The smallest absolute Gasteiger partial charge is 0.232 e. The van der Waals surface area contributed by atoms with Gasteiger partial charge in [0.15, 0.2) is 11.6 Å². The fraction of sp³-hybridized carbons (Fsp3) is 0.455. The van der Waals surface area contributed by atoms with Gasteiger partial charge in [0.2, 0.25) is 5.95 Å². The van der Waals surface area contributed by atoms with Crippen LogP contribution in [0.25, 0.3) is 11.0 Å². The Balaban J connectivity index is 1.73. The maximum atomic E-state index is 11.9. The Kier molecular flexibility index (Phi) is 7.31. The summed E-state index contributed by atoms with van der Waals surface area (Å²) in [6.07, 6.45) is 0.261. The third kappa shape index (κ3) is 5.37. The van der Waals surface area contributed by atoms with Crippen molar-refractivity contribution >= 4 is 39.4 Å². The summed E-state index contributed by atoms with van der Waals surface area (Å²) in [6.45, 7) is 4.88. The zero-order valence-corrected chi connectivity index (χ0v) is 19.6. The van der Waals surface area contributed by atoms with Crippen molar-refractivity contribution in [3.8, 4) is 0 Å². The standard InChI is InChI=1S/C22H29N7O3S/c1-15(30)29(16(2)31)22-26-18-19(21(27-22)28-10-12-33(32)13-11-28)24-14-25-20(18)23-9-8-17-6-4-3-5-7-17/h3-7,14-16,30-31H,8-13H2,1-2H3,(H,23,24,25). The molecule has 0 saturated carbocycles. The van der Waals surface area contributed by atoms with E-state index >= 15 is 0 Å². The number of anilines is 3. The summed E-state index contributed by atoms with van der Waals surface area (Å²) in [5.74, 6) is 2.40. The molecule has 1 saturated heterocycles. The summed E-state index contributed by atoms with van der Waals surface area (Å²) in [5, 5.41) is 23.9. The van der Waals surface area contributed by atoms with E-state index in [-0.39, 0.29) is 5.95 Å². The van der Waals surface area contributed by atoms with Crippen molar-refractivity contribution in [2.75, 3.05) is 46.3 Å². The molecule has 3 heterocycles. The van der Waals surface area contributed by atoms with Crippen LogP contribution in [0.5, 0.6) is 0 Å². The fourth-order valence-corrected chi connectivity index (χ4v) is 4.90. The zero-order valence-electron chi connectivity index (χ0n) is 18.8. The van der Waals surface area contributed by atoms with Gasteiger partial charge in [-0.15, -0.1) is 0 Å². The van der Waals surface area contributed by atoms with E-state index < -0.39 is 23.3 Å². The first-order valence-corrected chi connectivity index (χ1v) is 12.5. The molecule has 0 bridgehead atoms. The van der Waals surface area contributed by atoms with Gasteiger partial charge in [0.1, 0.15) is 29.8 Å². The van der Waals surface area contributed by atoms with Crippen LogP contribution >= 0.6 is 0 Å². The number of rotatable bonds is 8. The number of nitrogens with one attached hydrogen (secondary N) is 1. The monoisotopic (exact) mass is 471 g/mol. The highest BCUT2D eigenvalue weighted by molar-refractivity contribution is 7.85. The largest absolute Gasteiger partial charge is 0.374 e. The second-order valence-electron chi connectivity index (χ2n) is 7.94. The average Bonchev–Trinajstić information content (AvgIpc) is 2.80. The molecule has 0 spiro atoms. The second kappa shape index (κ2) is 10.4. The van der Waals surface area contributed by atoms with Crippen LogP contribution in [0.15, 0.2) is 36.7 Å². The predicted molar refractivity (Wildman–Crippen MR) is 130 cm³/mol. The van der Waals surface area contributed by atoms with Crippen molar-refractivity contribution in [2.45, 2.75) is 32.7 Å². The van der Waals surface area contributed by atoms with E-state index in [1.54, 1.807) is 13.8 Å². The zero-order chi connectivity index (χ0) is 23.4. The minimum Gasteiger partial charge on any atom is -0.374 e. The molecule has 0 radical (unpaired) electrons. The van der Waals surface area contributed by atoms with Crippen LogP contribution in [-0.4, -0.2) is 78.0 Å². The van der Waals surface area contributed by atoms with Gasteiger partial charge in [-0.25, -0.2) is 15.0 Å². The molecule has 4 rings (SSSR count). The summed E-state index contributed by atoms with van der Waals surface area (Å²) in [5.41, 5.74) is 2.28. The summed E-state index contributed by atoms with van der Waals surface area (Å²) in [4.78, 5) is 21.5. The van der Waals surface area contributed by atoms with Crippen LogP contribution in [0.1, 0.15) is 19.4 Å². The van der Waals surface area contributed by atoms with Crippen molar-refractivity contribution in [1.82, 2.24) is 19.9 Å². The maximum Gasteiger partial charge on any atom is 0.232 e. The molecule has 1 aromatic carbocycles.